The predicted octanol–water partition coefficient (Wildman–Crippen LogP) is 4.88. The number of nitrogens with one attached hydrogen (secondary N) is 1. The summed E-state index contributed by atoms with van der Waals surface area (Å²) in [6.45, 7) is 7.10. The minimum atomic E-state index is -3.96. The molecule has 0 spiro atoms. The number of nitrogens with zero attached hydrogens (tertiary/aromatic N) is 3. The summed E-state index contributed by atoms with van der Waals surface area (Å²) < 4.78 is 34.1. The van der Waals surface area contributed by atoms with E-state index in [-0.39, 0.29) is 12.0 Å². The molecule has 1 amide bonds. The molecule has 1 aliphatic carbocycles. The van der Waals surface area contributed by atoms with Gasteiger partial charge in [-0.2, -0.15) is 23.5 Å². The van der Waals surface area contributed by atoms with Crippen LogP contribution in [0.25, 0.3) is 0 Å². The van der Waals surface area contributed by atoms with E-state index in [1.807, 2.05) is 44.8 Å². The fraction of sp³-hybridized carbons (Fsp3) is 0.435. The molecule has 2 aromatic rings. The number of alkyl halides is 3. The largest absolute Gasteiger partial charge is 0.388 e. The molecule has 3 N–H and O–H groups in total. The molecular weight excluding hydrogens is 451 g/mol. The van der Waals surface area contributed by atoms with Crippen LogP contribution in [0.2, 0.25) is 0 Å². The molecule has 0 unspecified atom stereocenters. The van der Waals surface area contributed by atoms with Crippen LogP contribution >= 0.6 is 0 Å². The van der Waals surface area contributed by atoms with Crippen LogP contribution in [0.4, 0.5) is 24.7 Å². The van der Waals surface area contributed by atoms with Gasteiger partial charge in [-0.15, -0.1) is 0 Å². The Morgan fingerprint density at radius 3 is 2.21 bits per heavy atom. The van der Waals surface area contributed by atoms with Gasteiger partial charge >= 0.3 is 6.18 Å². The van der Waals surface area contributed by atoms with Crippen LogP contribution in [0.3, 0.4) is 0 Å². The summed E-state index contributed by atoms with van der Waals surface area (Å²) in [5.41, 5.74) is 7.84. The average molecular weight is 482 g/mol. The highest BCUT2D eigenvalue weighted by Crippen LogP contribution is 2.34. The number of aryl methyl sites for hydroxylation is 1. The first-order valence-electron chi connectivity index (χ1n) is 10.4. The summed E-state index contributed by atoms with van der Waals surface area (Å²) in [6.07, 6.45) is 0.865. The quantitative estimate of drug-likeness (QED) is 0.640. The smallest absolute Gasteiger partial charge is 0.365 e. The lowest BCUT2D eigenvalue weighted by molar-refractivity contribution is -0.130. The number of nitrogens with two attached hydrogens (primary N) is 1. The second-order valence-corrected chi connectivity index (χ2v) is 7.28. The van der Waals surface area contributed by atoms with Crippen LogP contribution in [0.5, 0.6) is 0 Å². The third-order valence-electron chi connectivity index (χ3n) is 4.95. The van der Waals surface area contributed by atoms with Crippen molar-refractivity contribution in [2.24, 2.45) is 11.7 Å². The van der Waals surface area contributed by atoms with E-state index in [1.54, 1.807) is 10.9 Å². The molecule has 1 aromatic carbocycles. The van der Waals surface area contributed by atoms with Crippen molar-refractivity contribution in [2.75, 3.05) is 5.32 Å². The molecule has 0 aliphatic heterocycles. The number of hydrogen-bond acceptors (Lipinski definition) is 6. The van der Waals surface area contributed by atoms with Crippen molar-refractivity contribution in [3.63, 3.8) is 0 Å². The van der Waals surface area contributed by atoms with Crippen LogP contribution in [-0.2, 0) is 9.59 Å². The maximum atomic E-state index is 11.8. The van der Waals surface area contributed by atoms with E-state index >= 15 is 0 Å². The van der Waals surface area contributed by atoms with Crippen molar-refractivity contribution in [1.82, 2.24) is 9.78 Å². The molecule has 8 nitrogen and oxygen atoms in total. The molecule has 0 saturated heterocycles. The van der Waals surface area contributed by atoms with E-state index in [4.69, 9.17) is 15.3 Å². The SMILES string of the molecule is C=O.C=O.CCC(F)(F)F.Cc1ccc(Nc2nn([C@@H]3CCCC[C@H]3C#N)cc2C(N)=O)cc1. The van der Waals surface area contributed by atoms with Gasteiger partial charge in [0.2, 0.25) is 0 Å². The molecule has 0 bridgehead atoms. The number of hydrogen-bond donors (Lipinski definition) is 2. The predicted molar refractivity (Wildman–Crippen MR) is 122 cm³/mol. The molecule has 3 rings (SSSR count). The minimum absolute atomic E-state index is 0.00424. The minimum Gasteiger partial charge on any atom is -0.365 e. The first-order chi connectivity index (χ1) is 16.1. The first kappa shape index (κ1) is 30.3. The van der Waals surface area contributed by atoms with E-state index in [2.05, 4.69) is 16.5 Å². The summed E-state index contributed by atoms with van der Waals surface area (Å²) in [5, 5.41) is 17.1. The lowest BCUT2D eigenvalue weighted by Crippen LogP contribution is -2.22. The van der Waals surface area contributed by atoms with E-state index in [0.717, 1.165) is 43.9 Å². The van der Waals surface area contributed by atoms with Crippen molar-refractivity contribution >= 4 is 31.0 Å². The first-order valence-corrected chi connectivity index (χ1v) is 10.4. The van der Waals surface area contributed by atoms with Crippen LogP contribution in [0.15, 0.2) is 30.5 Å². The van der Waals surface area contributed by atoms with Gasteiger partial charge in [-0.25, -0.2) is 0 Å². The molecule has 34 heavy (non-hydrogen) atoms. The standard InChI is InChI=1S/C18H21N5O.C3H5F3.2CH2O/c1-12-6-8-14(9-7-12)21-18-15(17(20)24)11-23(22-18)16-5-3-2-4-13(16)10-19;1-2-3(4,5)6;2*1-2/h6-9,11,13,16H,2-5H2,1H3,(H2,20,24)(H,21,22);2H2,1H3;2*1H2/t13-,16+;;;/m0.../s1. The summed E-state index contributed by atoms with van der Waals surface area (Å²) in [4.78, 5) is 27.8. The van der Waals surface area contributed by atoms with E-state index in [1.165, 1.54) is 0 Å². The maximum Gasteiger partial charge on any atom is 0.388 e. The zero-order valence-electron chi connectivity index (χ0n) is 19.3. The highest BCUT2D eigenvalue weighted by molar-refractivity contribution is 5.98. The van der Waals surface area contributed by atoms with Crippen molar-refractivity contribution < 1.29 is 27.6 Å². The summed E-state index contributed by atoms with van der Waals surface area (Å²) in [5.74, 6) is -0.166. The summed E-state index contributed by atoms with van der Waals surface area (Å²) in [6, 6.07) is 10.2. The number of nitriles is 1. The van der Waals surface area contributed by atoms with E-state index < -0.39 is 18.5 Å². The topological polar surface area (TPSA) is 131 Å². The number of carbonyl (C=O) groups excluding carboxylic acids is 3. The molecule has 0 radical (unpaired) electrons. The molecule has 1 fully saturated rings. The summed E-state index contributed by atoms with van der Waals surface area (Å²) in [7, 11) is 0. The van der Waals surface area contributed by atoms with Crippen LogP contribution in [0.1, 0.15) is 61.0 Å². The number of amides is 1. The van der Waals surface area contributed by atoms with Crippen LogP contribution < -0.4 is 11.1 Å². The highest BCUT2D eigenvalue weighted by atomic mass is 19.4. The molecule has 1 saturated carbocycles. The molecule has 2 atom stereocenters. The normalized spacial score (nSPS) is 16.7. The Bertz CT molecular complexity index is 921. The molecule has 1 heterocycles. The Kier molecular flexibility index (Phi) is 13.6. The third-order valence-corrected chi connectivity index (χ3v) is 4.95. The Hall–Kier alpha value is -3.68. The fourth-order valence-electron chi connectivity index (χ4n) is 3.19. The van der Waals surface area contributed by atoms with Gasteiger partial charge in [-0.05, 0) is 31.9 Å². The second kappa shape index (κ2) is 15.2. The molecule has 1 aromatic heterocycles. The number of anilines is 2. The molecule has 1 aliphatic rings. The van der Waals surface area contributed by atoms with Gasteiger partial charge in [0.15, 0.2) is 5.82 Å². The average Bonchev–Trinajstić information content (AvgIpc) is 3.27. The van der Waals surface area contributed by atoms with Crippen LogP contribution in [0, 0.1) is 24.2 Å². The Morgan fingerprint density at radius 2 is 1.74 bits per heavy atom. The second-order valence-electron chi connectivity index (χ2n) is 7.28. The van der Waals surface area contributed by atoms with Gasteiger partial charge < -0.3 is 20.6 Å². The third kappa shape index (κ3) is 9.85. The van der Waals surface area contributed by atoms with Gasteiger partial charge in [0.1, 0.15) is 19.1 Å². The fourth-order valence-corrected chi connectivity index (χ4v) is 3.19. The lowest BCUT2D eigenvalue weighted by Gasteiger charge is -2.26. The number of rotatable bonds is 4. The monoisotopic (exact) mass is 481 g/mol. The van der Waals surface area contributed by atoms with E-state index in [0.29, 0.717) is 11.4 Å². The van der Waals surface area contributed by atoms with Gasteiger partial charge in [-0.3, -0.25) is 9.48 Å². The number of carbonyl (C=O) groups is 3. The van der Waals surface area contributed by atoms with Gasteiger partial charge in [0.25, 0.3) is 5.91 Å². The number of halogens is 3. The Labute approximate surface area is 196 Å². The van der Waals surface area contributed by atoms with Crippen molar-refractivity contribution in [3.8, 4) is 6.07 Å². The Morgan fingerprint density at radius 1 is 1.21 bits per heavy atom. The van der Waals surface area contributed by atoms with Gasteiger partial charge in [0.05, 0.1) is 18.0 Å². The highest BCUT2D eigenvalue weighted by Gasteiger charge is 2.29. The maximum absolute atomic E-state index is 11.8. The zero-order chi connectivity index (χ0) is 26.3. The summed E-state index contributed by atoms with van der Waals surface area (Å²) >= 11 is 0. The van der Waals surface area contributed by atoms with E-state index in [9.17, 15) is 23.2 Å². The Balaban J connectivity index is 0.000000938. The van der Waals surface area contributed by atoms with Gasteiger partial charge in [0, 0.05) is 18.3 Å². The van der Waals surface area contributed by atoms with Crippen molar-refractivity contribution in [2.45, 2.75) is 58.2 Å². The van der Waals surface area contributed by atoms with Crippen LogP contribution in [-0.4, -0.2) is 35.4 Å². The lowest BCUT2D eigenvalue weighted by atomic mass is 9.85. The molecular formula is C23H30F3N5O3. The van der Waals surface area contributed by atoms with Gasteiger partial charge in [-0.1, -0.05) is 37.5 Å². The molecule has 186 valence electrons. The van der Waals surface area contributed by atoms with Crippen molar-refractivity contribution in [1.29, 1.82) is 5.26 Å². The zero-order valence-corrected chi connectivity index (χ0v) is 19.3. The van der Waals surface area contributed by atoms with Crippen molar-refractivity contribution in [3.05, 3.63) is 41.6 Å². The molecule has 11 heteroatoms. The number of benzene rings is 1. The number of aromatic nitrogens is 2. The number of primary amides is 1.